The Morgan fingerprint density at radius 1 is 1.42 bits per heavy atom. The van der Waals surface area contributed by atoms with Crippen LogP contribution in [0, 0.1) is 0 Å². The van der Waals surface area contributed by atoms with E-state index in [9.17, 15) is 4.79 Å². The molecule has 1 aromatic rings. The Kier molecular flexibility index (Phi) is 4.63. The van der Waals surface area contributed by atoms with E-state index in [1.54, 1.807) is 0 Å². The third kappa shape index (κ3) is 3.37. The Labute approximate surface area is 122 Å². The molecule has 1 aliphatic rings. The van der Waals surface area contributed by atoms with Crippen LogP contribution in [0.5, 0.6) is 0 Å². The number of carbonyl (C=O) groups is 1. The molecule has 1 saturated carbocycles. The van der Waals surface area contributed by atoms with Crippen LogP contribution in [0.15, 0.2) is 28.7 Å². The number of amides is 1. The van der Waals surface area contributed by atoms with Gasteiger partial charge in [-0.3, -0.25) is 4.79 Å². The zero-order valence-electron chi connectivity index (χ0n) is 11.2. The predicted octanol–water partition coefficient (Wildman–Crippen LogP) is 2.76. The minimum atomic E-state index is -0.311. The first-order valence-corrected chi connectivity index (χ1v) is 7.56. The van der Waals surface area contributed by atoms with Gasteiger partial charge in [-0.1, -0.05) is 28.1 Å². The van der Waals surface area contributed by atoms with Crippen LogP contribution in [-0.4, -0.2) is 23.7 Å². The third-order valence-corrected chi connectivity index (χ3v) is 4.28. The zero-order valence-corrected chi connectivity index (χ0v) is 12.7. The normalized spacial score (nSPS) is 17.8. The number of aliphatic hydroxyl groups excluding tert-OH is 1. The molecule has 4 heteroatoms. The molecule has 104 valence electrons. The number of aliphatic hydroxyl groups is 1. The van der Waals surface area contributed by atoms with Crippen molar-refractivity contribution in [1.82, 2.24) is 5.32 Å². The Morgan fingerprint density at radius 3 is 2.58 bits per heavy atom. The fourth-order valence-electron chi connectivity index (χ4n) is 2.37. The molecule has 1 aliphatic carbocycles. The van der Waals surface area contributed by atoms with E-state index in [1.807, 2.05) is 31.2 Å². The molecule has 0 radical (unpaired) electrons. The van der Waals surface area contributed by atoms with Gasteiger partial charge in [0.25, 0.3) is 0 Å². The number of rotatable bonds is 6. The van der Waals surface area contributed by atoms with Gasteiger partial charge in [-0.25, -0.2) is 0 Å². The lowest BCUT2D eigenvalue weighted by molar-refractivity contribution is -0.124. The summed E-state index contributed by atoms with van der Waals surface area (Å²) in [5, 5.41) is 11.9. The van der Waals surface area contributed by atoms with Crippen molar-refractivity contribution in [3.8, 4) is 0 Å². The van der Waals surface area contributed by atoms with Crippen LogP contribution >= 0.6 is 15.9 Å². The summed E-state index contributed by atoms with van der Waals surface area (Å²) < 4.78 is 1.03. The summed E-state index contributed by atoms with van der Waals surface area (Å²) in [5.74, 6) is 0.125. The molecule has 1 unspecified atom stereocenters. The molecule has 2 N–H and O–H groups in total. The van der Waals surface area contributed by atoms with Gasteiger partial charge in [-0.15, -0.1) is 0 Å². The molecule has 1 fully saturated rings. The topological polar surface area (TPSA) is 49.3 Å². The van der Waals surface area contributed by atoms with Crippen LogP contribution in [-0.2, 0) is 10.2 Å². The largest absolute Gasteiger partial charge is 0.396 e. The molecule has 1 atom stereocenters. The lowest BCUT2D eigenvalue weighted by Crippen LogP contribution is -2.40. The van der Waals surface area contributed by atoms with E-state index in [-0.39, 0.29) is 24.0 Å². The van der Waals surface area contributed by atoms with E-state index in [1.165, 1.54) is 0 Å². The molecule has 0 aliphatic heterocycles. The standard InChI is InChI=1S/C15H20BrNO2/c1-11(3-2-10-18)17-14(19)15(8-9-15)12-4-6-13(16)7-5-12/h4-7,11,18H,2-3,8-10H2,1H3,(H,17,19). The molecular weight excluding hydrogens is 306 g/mol. The predicted molar refractivity (Wildman–Crippen MR) is 79.0 cm³/mol. The van der Waals surface area contributed by atoms with Crippen molar-refractivity contribution in [2.45, 2.75) is 44.1 Å². The number of hydrogen-bond acceptors (Lipinski definition) is 2. The van der Waals surface area contributed by atoms with Crippen molar-refractivity contribution < 1.29 is 9.90 Å². The average molecular weight is 326 g/mol. The summed E-state index contributed by atoms with van der Waals surface area (Å²) in [7, 11) is 0. The Bertz CT molecular complexity index is 440. The highest BCUT2D eigenvalue weighted by atomic mass is 79.9. The molecule has 2 rings (SSSR count). The van der Waals surface area contributed by atoms with Gasteiger partial charge in [0.05, 0.1) is 5.41 Å². The van der Waals surface area contributed by atoms with Gasteiger partial charge in [-0.05, 0) is 50.3 Å². The summed E-state index contributed by atoms with van der Waals surface area (Å²) in [5.41, 5.74) is 0.788. The highest BCUT2D eigenvalue weighted by Gasteiger charge is 2.51. The first kappa shape index (κ1) is 14.5. The number of carbonyl (C=O) groups excluding carboxylic acids is 1. The van der Waals surface area contributed by atoms with Gasteiger partial charge >= 0.3 is 0 Å². The molecule has 19 heavy (non-hydrogen) atoms. The second-order valence-electron chi connectivity index (χ2n) is 5.33. The van der Waals surface area contributed by atoms with Crippen molar-refractivity contribution in [2.24, 2.45) is 0 Å². The molecule has 0 heterocycles. The summed E-state index contributed by atoms with van der Waals surface area (Å²) in [4.78, 5) is 12.4. The fraction of sp³-hybridized carbons (Fsp3) is 0.533. The lowest BCUT2D eigenvalue weighted by atomic mass is 9.94. The van der Waals surface area contributed by atoms with Gasteiger partial charge < -0.3 is 10.4 Å². The quantitative estimate of drug-likeness (QED) is 0.844. The second-order valence-corrected chi connectivity index (χ2v) is 6.25. The monoisotopic (exact) mass is 325 g/mol. The van der Waals surface area contributed by atoms with Crippen LogP contribution in [0.1, 0.15) is 38.2 Å². The number of hydrogen-bond donors (Lipinski definition) is 2. The van der Waals surface area contributed by atoms with Crippen LogP contribution in [0.4, 0.5) is 0 Å². The molecule has 0 bridgehead atoms. The van der Waals surface area contributed by atoms with Crippen molar-refractivity contribution >= 4 is 21.8 Å². The van der Waals surface area contributed by atoms with E-state index in [0.717, 1.165) is 35.7 Å². The SMILES string of the molecule is CC(CCCO)NC(=O)C1(c2ccc(Br)cc2)CC1. The summed E-state index contributed by atoms with van der Waals surface area (Å²) in [6, 6.07) is 8.13. The first-order valence-electron chi connectivity index (χ1n) is 6.76. The molecular formula is C15H20BrNO2. The molecule has 3 nitrogen and oxygen atoms in total. The number of benzene rings is 1. The van der Waals surface area contributed by atoms with Crippen LogP contribution in [0.25, 0.3) is 0 Å². The summed E-state index contributed by atoms with van der Waals surface area (Å²) >= 11 is 3.41. The molecule has 0 aromatic heterocycles. The van der Waals surface area contributed by atoms with Crippen LogP contribution in [0.3, 0.4) is 0 Å². The van der Waals surface area contributed by atoms with Gasteiger partial charge in [0.15, 0.2) is 0 Å². The number of nitrogens with one attached hydrogen (secondary N) is 1. The minimum absolute atomic E-state index is 0.118. The molecule has 0 spiro atoms. The highest BCUT2D eigenvalue weighted by Crippen LogP contribution is 2.48. The summed E-state index contributed by atoms with van der Waals surface area (Å²) in [6.45, 7) is 2.17. The van der Waals surface area contributed by atoms with Gasteiger partial charge in [0, 0.05) is 17.1 Å². The van der Waals surface area contributed by atoms with Gasteiger partial charge in [0.2, 0.25) is 5.91 Å². The second kappa shape index (κ2) is 6.06. The average Bonchev–Trinajstić information content (AvgIpc) is 3.18. The zero-order chi connectivity index (χ0) is 13.9. The Balaban J connectivity index is 2.00. The maximum atomic E-state index is 12.4. The smallest absolute Gasteiger partial charge is 0.230 e. The highest BCUT2D eigenvalue weighted by molar-refractivity contribution is 9.10. The number of halogens is 1. The lowest BCUT2D eigenvalue weighted by Gasteiger charge is -2.20. The molecule has 1 aromatic carbocycles. The Morgan fingerprint density at radius 2 is 2.05 bits per heavy atom. The Hall–Kier alpha value is -0.870. The van der Waals surface area contributed by atoms with E-state index in [0.29, 0.717) is 0 Å². The maximum absolute atomic E-state index is 12.4. The van der Waals surface area contributed by atoms with Crippen molar-refractivity contribution in [3.63, 3.8) is 0 Å². The van der Waals surface area contributed by atoms with Crippen LogP contribution < -0.4 is 5.32 Å². The third-order valence-electron chi connectivity index (χ3n) is 3.75. The molecule has 1 amide bonds. The summed E-state index contributed by atoms with van der Waals surface area (Å²) in [6.07, 6.45) is 3.39. The maximum Gasteiger partial charge on any atom is 0.230 e. The molecule has 0 saturated heterocycles. The minimum Gasteiger partial charge on any atom is -0.396 e. The van der Waals surface area contributed by atoms with Crippen molar-refractivity contribution in [3.05, 3.63) is 34.3 Å². The van der Waals surface area contributed by atoms with Crippen molar-refractivity contribution in [1.29, 1.82) is 0 Å². The first-order chi connectivity index (χ1) is 9.08. The van der Waals surface area contributed by atoms with E-state index >= 15 is 0 Å². The van der Waals surface area contributed by atoms with E-state index in [2.05, 4.69) is 21.2 Å². The van der Waals surface area contributed by atoms with Crippen molar-refractivity contribution in [2.75, 3.05) is 6.61 Å². The van der Waals surface area contributed by atoms with Crippen LogP contribution in [0.2, 0.25) is 0 Å². The van der Waals surface area contributed by atoms with E-state index in [4.69, 9.17) is 5.11 Å². The van der Waals surface area contributed by atoms with Gasteiger partial charge in [-0.2, -0.15) is 0 Å². The van der Waals surface area contributed by atoms with Gasteiger partial charge in [0.1, 0.15) is 0 Å². The fourth-order valence-corrected chi connectivity index (χ4v) is 2.64. The van der Waals surface area contributed by atoms with E-state index < -0.39 is 0 Å².